The first-order valence-corrected chi connectivity index (χ1v) is 7.38. The summed E-state index contributed by atoms with van der Waals surface area (Å²) >= 11 is 5.96. The summed E-state index contributed by atoms with van der Waals surface area (Å²) < 4.78 is 9.87. The van der Waals surface area contributed by atoms with E-state index in [9.17, 15) is 9.59 Å². The van der Waals surface area contributed by atoms with Crippen molar-refractivity contribution in [2.45, 2.75) is 26.7 Å². The third kappa shape index (κ3) is 3.53. The summed E-state index contributed by atoms with van der Waals surface area (Å²) in [6, 6.07) is 4.59. The van der Waals surface area contributed by atoms with Gasteiger partial charge in [0.05, 0.1) is 23.4 Å². The first-order chi connectivity index (χ1) is 10.8. The normalized spacial score (nSPS) is 10.7. The molecular formula is C16H17ClN2O4. The number of anilines is 1. The summed E-state index contributed by atoms with van der Waals surface area (Å²) in [6.45, 7) is 5.52. The van der Waals surface area contributed by atoms with Gasteiger partial charge in [-0.25, -0.2) is 4.79 Å². The van der Waals surface area contributed by atoms with Gasteiger partial charge in [0.2, 0.25) is 0 Å². The molecule has 0 aliphatic heterocycles. The molecule has 0 bridgehead atoms. The Labute approximate surface area is 138 Å². The van der Waals surface area contributed by atoms with Crippen LogP contribution in [0.2, 0.25) is 5.02 Å². The van der Waals surface area contributed by atoms with E-state index in [2.05, 4.69) is 15.2 Å². The molecule has 1 N–H and O–H groups in total. The molecule has 0 aliphatic rings. The lowest BCUT2D eigenvalue weighted by molar-refractivity contribution is 0.0600. The number of carbonyl (C=O) groups is 2. The van der Waals surface area contributed by atoms with Crippen LogP contribution in [0.5, 0.6) is 0 Å². The van der Waals surface area contributed by atoms with Crippen LogP contribution in [0.3, 0.4) is 0 Å². The first-order valence-electron chi connectivity index (χ1n) is 7.00. The fourth-order valence-corrected chi connectivity index (χ4v) is 2.32. The Morgan fingerprint density at radius 1 is 1.35 bits per heavy atom. The van der Waals surface area contributed by atoms with E-state index in [4.69, 9.17) is 16.1 Å². The Bertz CT molecular complexity index is 753. The average molecular weight is 337 g/mol. The summed E-state index contributed by atoms with van der Waals surface area (Å²) in [6.07, 6.45) is 0. The topological polar surface area (TPSA) is 81.4 Å². The number of halogens is 1. The predicted octanol–water partition coefficient (Wildman–Crippen LogP) is 3.80. The van der Waals surface area contributed by atoms with Gasteiger partial charge in [0.15, 0.2) is 5.76 Å². The number of carbonyl (C=O) groups excluding carboxylic acids is 2. The number of benzene rings is 1. The van der Waals surface area contributed by atoms with Crippen molar-refractivity contribution in [3.63, 3.8) is 0 Å². The lowest BCUT2D eigenvalue weighted by atomic mass is 10.0. The van der Waals surface area contributed by atoms with E-state index in [0.29, 0.717) is 22.7 Å². The Hall–Kier alpha value is -2.34. The highest BCUT2D eigenvalue weighted by atomic mass is 35.5. The number of ether oxygens (including phenoxy) is 1. The smallest absolute Gasteiger partial charge is 0.339 e. The van der Waals surface area contributed by atoms with Gasteiger partial charge in [-0.15, -0.1) is 0 Å². The molecule has 0 fully saturated rings. The zero-order valence-corrected chi connectivity index (χ0v) is 14.0. The quantitative estimate of drug-likeness (QED) is 0.859. The molecule has 1 aromatic heterocycles. The Balaban J connectivity index is 2.31. The van der Waals surface area contributed by atoms with Gasteiger partial charge in [-0.05, 0) is 25.1 Å². The number of nitrogens with zero attached hydrogens (tertiary/aromatic N) is 1. The Kier molecular flexibility index (Phi) is 5.05. The third-order valence-electron chi connectivity index (χ3n) is 3.27. The number of rotatable bonds is 4. The summed E-state index contributed by atoms with van der Waals surface area (Å²) in [7, 11) is 1.26. The molecule has 2 aromatic rings. The van der Waals surface area contributed by atoms with Crippen LogP contribution in [0.15, 0.2) is 22.7 Å². The zero-order chi connectivity index (χ0) is 17.1. The van der Waals surface area contributed by atoms with Gasteiger partial charge in [0.25, 0.3) is 5.91 Å². The van der Waals surface area contributed by atoms with Gasteiger partial charge in [-0.2, -0.15) is 0 Å². The molecule has 0 unspecified atom stereocenters. The van der Waals surface area contributed by atoms with Crippen LogP contribution >= 0.6 is 11.6 Å². The molecule has 23 heavy (non-hydrogen) atoms. The van der Waals surface area contributed by atoms with Crippen molar-refractivity contribution in [1.82, 2.24) is 5.16 Å². The minimum Gasteiger partial charge on any atom is -0.465 e. The minimum absolute atomic E-state index is 0.0211. The third-order valence-corrected chi connectivity index (χ3v) is 3.60. The second-order valence-corrected chi connectivity index (χ2v) is 5.71. The van der Waals surface area contributed by atoms with Gasteiger partial charge in [0.1, 0.15) is 5.56 Å². The number of esters is 1. The van der Waals surface area contributed by atoms with E-state index >= 15 is 0 Å². The average Bonchev–Trinajstić information content (AvgIpc) is 2.90. The molecule has 1 amide bonds. The highest BCUT2D eigenvalue weighted by molar-refractivity contribution is 6.33. The van der Waals surface area contributed by atoms with E-state index in [1.165, 1.54) is 19.2 Å². The number of hydrogen-bond acceptors (Lipinski definition) is 5. The molecule has 1 aromatic carbocycles. The van der Waals surface area contributed by atoms with Crippen LogP contribution in [0.4, 0.5) is 5.69 Å². The maximum absolute atomic E-state index is 12.5. The first kappa shape index (κ1) is 17.0. The number of methoxy groups -OCH3 is 1. The van der Waals surface area contributed by atoms with Crippen LogP contribution in [-0.4, -0.2) is 24.1 Å². The van der Waals surface area contributed by atoms with E-state index in [1.807, 2.05) is 13.8 Å². The molecule has 0 saturated carbocycles. The number of hydrogen-bond donors (Lipinski definition) is 1. The molecule has 0 radical (unpaired) electrons. The van der Waals surface area contributed by atoms with E-state index in [-0.39, 0.29) is 22.4 Å². The summed E-state index contributed by atoms with van der Waals surface area (Å²) in [5.41, 5.74) is 1.51. The van der Waals surface area contributed by atoms with Gasteiger partial charge in [-0.3, -0.25) is 4.79 Å². The predicted molar refractivity (Wildman–Crippen MR) is 86.1 cm³/mol. The Morgan fingerprint density at radius 3 is 2.65 bits per heavy atom. The van der Waals surface area contributed by atoms with Crippen molar-refractivity contribution in [3.8, 4) is 0 Å². The van der Waals surface area contributed by atoms with Crippen LogP contribution in [0.1, 0.15) is 51.9 Å². The van der Waals surface area contributed by atoms with Crippen molar-refractivity contribution in [3.05, 3.63) is 45.8 Å². The van der Waals surface area contributed by atoms with Gasteiger partial charge >= 0.3 is 5.97 Å². The van der Waals surface area contributed by atoms with Crippen molar-refractivity contribution >= 4 is 29.2 Å². The van der Waals surface area contributed by atoms with E-state index in [0.717, 1.165) is 0 Å². The highest BCUT2D eigenvalue weighted by Crippen LogP contribution is 2.25. The van der Waals surface area contributed by atoms with Crippen molar-refractivity contribution in [2.24, 2.45) is 0 Å². The summed E-state index contributed by atoms with van der Waals surface area (Å²) in [4.78, 5) is 24.2. The molecular weight excluding hydrogens is 320 g/mol. The van der Waals surface area contributed by atoms with E-state index in [1.54, 1.807) is 13.0 Å². The van der Waals surface area contributed by atoms with Crippen molar-refractivity contribution < 1.29 is 18.8 Å². The number of aryl methyl sites for hydroxylation is 1. The number of aromatic nitrogens is 1. The maximum atomic E-state index is 12.5. The number of nitrogens with one attached hydrogen (secondary N) is 1. The van der Waals surface area contributed by atoms with Gasteiger partial charge in [-0.1, -0.05) is 30.6 Å². The van der Waals surface area contributed by atoms with Crippen LogP contribution in [0, 0.1) is 6.92 Å². The second kappa shape index (κ2) is 6.83. The standard InChI is InChI=1S/C16H17ClN2O4/c1-8(2)14-13(9(3)19-23-14)15(20)18-10-5-6-12(17)11(7-10)16(21)22-4/h5-8H,1-4H3,(H,18,20). The van der Waals surface area contributed by atoms with Crippen LogP contribution < -0.4 is 5.32 Å². The Morgan fingerprint density at radius 2 is 2.04 bits per heavy atom. The molecule has 0 spiro atoms. The lowest BCUT2D eigenvalue weighted by Crippen LogP contribution is -2.15. The molecule has 122 valence electrons. The highest BCUT2D eigenvalue weighted by Gasteiger charge is 2.23. The largest absolute Gasteiger partial charge is 0.465 e. The zero-order valence-electron chi connectivity index (χ0n) is 13.3. The molecule has 2 rings (SSSR count). The molecule has 1 heterocycles. The van der Waals surface area contributed by atoms with Crippen LogP contribution in [0.25, 0.3) is 0 Å². The SMILES string of the molecule is COC(=O)c1cc(NC(=O)c2c(C)noc2C(C)C)ccc1Cl. The van der Waals surface area contributed by atoms with E-state index < -0.39 is 5.97 Å². The van der Waals surface area contributed by atoms with Crippen LogP contribution in [-0.2, 0) is 4.74 Å². The molecule has 7 heteroatoms. The van der Waals surface area contributed by atoms with Gasteiger partial charge < -0.3 is 14.6 Å². The maximum Gasteiger partial charge on any atom is 0.339 e. The molecule has 0 saturated heterocycles. The lowest BCUT2D eigenvalue weighted by Gasteiger charge is -2.09. The molecule has 0 aliphatic carbocycles. The molecule has 6 nitrogen and oxygen atoms in total. The van der Waals surface area contributed by atoms with Crippen molar-refractivity contribution in [1.29, 1.82) is 0 Å². The monoisotopic (exact) mass is 336 g/mol. The minimum atomic E-state index is -0.574. The molecule has 0 atom stereocenters. The van der Waals surface area contributed by atoms with Crippen molar-refractivity contribution in [2.75, 3.05) is 12.4 Å². The number of amides is 1. The summed E-state index contributed by atoms with van der Waals surface area (Å²) in [5.74, 6) is -0.393. The second-order valence-electron chi connectivity index (χ2n) is 5.30. The fraction of sp³-hybridized carbons (Fsp3) is 0.312. The van der Waals surface area contributed by atoms with Gasteiger partial charge in [0, 0.05) is 11.6 Å². The fourth-order valence-electron chi connectivity index (χ4n) is 2.12. The summed E-state index contributed by atoms with van der Waals surface area (Å²) in [5, 5.41) is 6.81.